The third-order valence-corrected chi connectivity index (χ3v) is 14.3. The number of halogens is 3. The SMILES string of the molecule is CNS(=O)(=O)c1ccccc1-n1c(COC(=O)CCCOC(=O)CCC/C=C\C[C@@H]2[C@@H](/C=C/[C@@H](O)COc3cccc(C(F)(F)F)c3)[C@H](O)C[C@@H]2O)nc2cc(C)c(C(=O)OCON[N+](=O)N3CCCC3)c(C)c2c1=O. The first-order valence-electron chi connectivity index (χ1n) is 24.5. The number of unbranched alkanes of at least 4 members (excludes halogenated alkanes) is 1. The molecule has 76 heavy (non-hydrogen) atoms. The minimum atomic E-state index is -4.55. The molecule has 2 aliphatic rings. The van der Waals surface area contributed by atoms with Crippen molar-refractivity contribution >= 4 is 38.8 Å². The normalized spacial score (nSPS) is 18.4. The van der Waals surface area contributed by atoms with Gasteiger partial charge in [0.25, 0.3) is 10.5 Å². The van der Waals surface area contributed by atoms with Gasteiger partial charge in [0.05, 0.1) is 64.5 Å². The second-order valence-corrected chi connectivity index (χ2v) is 20.0. The van der Waals surface area contributed by atoms with E-state index in [4.69, 9.17) is 23.8 Å². The number of benzene rings is 3. The Kier molecular flexibility index (Phi) is 20.6. The number of nitrogens with one attached hydrogen (secondary N) is 2. The second kappa shape index (κ2) is 26.8. The average molecular weight is 1090 g/mol. The lowest BCUT2D eigenvalue weighted by Gasteiger charge is -2.19. The summed E-state index contributed by atoms with van der Waals surface area (Å²) in [6, 6.07) is 11.3. The summed E-state index contributed by atoms with van der Waals surface area (Å²) in [6.45, 7) is 2.46. The van der Waals surface area contributed by atoms with Crippen molar-refractivity contribution in [3.63, 3.8) is 0 Å². The van der Waals surface area contributed by atoms with E-state index in [2.05, 4.69) is 15.3 Å². The number of para-hydroxylation sites is 1. The minimum absolute atomic E-state index is 0.000258. The molecule has 4 aromatic rings. The number of hydrazine groups is 2. The molecule has 0 bridgehead atoms. The summed E-state index contributed by atoms with van der Waals surface area (Å²) in [5.41, 5.74) is 0.962. The van der Waals surface area contributed by atoms with E-state index in [1.165, 1.54) is 67.5 Å². The number of sulfonamides is 1. The second-order valence-electron chi connectivity index (χ2n) is 18.1. The number of carbonyl (C=O) groups excluding carboxylic acids is 3. The zero-order valence-electron chi connectivity index (χ0n) is 42.1. The van der Waals surface area contributed by atoms with Crippen LogP contribution in [-0.4, -0.2) is 120 Å². The number of rotatable bonds is 26. The lowest BCUT2D eigenvalue weighted by Crippen LogP contribution is -2.40. The molecular weight excluding hydrogens is 1030 g/mol. The molecular formula is C51H62F3N6O15S+. The predicted octanol–water partition coefficient (Wildman–Crippen LogP) is 5.11. The number of nitrogens with zero attached hydrogens (tertiary/aromatic N) is 4. The Labute approximate surface area is 435 Å². The number of nitroso groups, excluding NO2 is 1. The number of aliphatic hydroxyl groups excluding tert-OH is 3. The van der Waals surface area contributed by atoms with Crippen LogP contribution >= 0.6 is 0 Å². The fourth-order valence-electron chi connectivity index (χ4n) is 8.94. The summed E-state index contributed by atoms with van der Waals surface area (Å²) in [7, 11) is -2.98. The third kappa shape index (κ3) is 15.4. The molecule has 3 aromatic carbocycles. The molecule has 1 aliphatic heterocycles. The van der Waals surface area contributed by atoms with Crippen molar-refractivity contribution in [3.8, 4) is 11.4 Å². The smallest absolute Gasteiger partial charge is 0.416 e. The fourth-order valence-corrected chi connectivity index (χ4v) is 9.86. The summed E-state index contributed by atoms with van der Waals surface area (Å²) in [5, 5.41) is 33.0. The molecule has 2 fully saturated rings. The van der Waals surface area contributed by atoms with Crippen LogP contribution < -0.4 is 20.6 Å². The molecule has 0 radical (unpaired) electrons. The Morgan fingerprint density at radius 3 is 2.42 bits per heavy atom. The van der Waals surface area contributed by atoms with Crippen LogP contribution in [0.3, 0.4) is 0 Å². The minimum Gasteiger partial charge on any atom is -0.491 e. The van der Waals surface area contributed by atoms with Gasteiger partial charge in [-0.1, -0.05) is 42.5 Å². The number of alkyl halides is 3. The molecule has 5 atom stereocenters. The summed E-state index contributed by atoms with van der Waals surface area (Å²) in [5.74, 6) is -3.24. The van der Waals surface area contributed by atoms with Gasteiger partial charge in [0.1, 0.15) is 30.0 Å². The van der Waals surface area contributed by atoms with E-state index >= 15 is 0 Å². The van der Waals surface area contributed by atoms with Crippen molar-refractivity contribution in [3.05, 3.63) is 122 Å². The van der Waals surface area contributed by atoms with Crippen LogP contribution in [0.5, 0.6) is 5.75 Å². The van der Waals surface area contributed by atoms with E-state index in [0.29, 0.717) is 42.9 Å². The predicted molar refractivity (Wildman–Crippen MR) is 265 cm³/mol. The number of aromatic nitrogens is 2. The van der Waals surface area contributed by atoms with E-state index < -0.39 is 82.9 Å². The third-order valence-electron chi connectivity index (χ3n) is 12.8. The standard InChI is InChI=1S/C51H62F3N6O15S/c1-32-26-39-48(33(2)47(32)50(67)74-31-75-57-60(68)58-23-10-11-24-58)49(66)59(40-17-8-9-18-43(40)76(69,70)55-3)44(56-39)30-73-46(65)20-13-25-71-45(64)19-7-5-4-6-16-37-38(42(63)28-41(37)62)22-21-35(61)29-72-36-15-12-14-34(27-36)51(52,53)54/h4,6,8-9,12,14-15,17-18,21-22,26-27,35,37-38,41-42,55,61-63H,5,7,10-11,13,16,19-20,23-25,28-31H2,1-3H3,(H,57,68)/q+1/b6-4-,22-21+/t35-,37-,38-,41+,42-/m1/s1. The van der Waals surface area contributed by atoms with Crippen molar-refractivity contribution in [2.75, 3.05) is 40.1 Å². The lowest BCUT2D eigenvalue weighted by molar-refractivity contribution is -0.787. The molecule has 6 rings (SSSR count). The van der Waals surface area contributed by atoms with Gasteiger partial charge in [-0.15, -0.1) is 5.01 Å². The number of esters is 3. The first kappa shape index (κ1) is 58.5. The number of fused-ring (bicyclic) bond motifs is 1. The molecule has 25 heteroatoms. The van der Waals surface area contributed by atoms with Gasteiger partial charge in [-0.05, 0) is 113 Å². The van der Waals surface area contributed by atoms with Crippen LogP contribution in [0.4, 0.5) is 13.2 Å². The first-order valence-corrected chi connectivity index (χ1v) is 26.0. The average Bonchev–Trinajstić information content (AvgIpc) is 4.06. The van der Waals surface area contributed by atoms with E-state index in [-0.39, 0.29) is 89.0 Å². The molecule has 1 saturated heterocycles. The zero-order chi connectivity index (χ0) is 55.2. The molecule has 2 heterocycles. The summed E-state index contributed by atoms with van der Waals surface area (Å²) >= 11 is 0. The number of aryl methyl sites for hydroxylation is 2. The van der Waals surface area contributed by atoms with E-state index in [9.17, 15) is 61.0 Å². The van der Waals surface area contributed by atoms with Crippen molar-refractivity contribution in [1.82, 2.24) is 24.9 Å². The van der Waals surface area contributed by atoms with E-state index in [0.717, 1.165) is 29.5 Å². The highest BCUT2D eigenvalue weighted by molar-refractivity contribution is 7.89. The monoisotopic (exact) mass is 1090 g/mol. The fraction of sp³-hybridized carbons (Fsp3) is 0.471. The largest absolute Gasteiger partial charge is 0.491 e. The molecule has 0 amide bonds. The molecule has 412 valence electrons. The molecule has 1 saturated carbocycles. The Morgan fingerprint density at radius 1 is 0.961 bits per heavy atom. The van der Waals surface area contributed by atoms with Crippen LogP contribution in [0.15, 0.2) is 88.6 Å². The lowest BCUT2D eigenvalue weighted by atomic mass is 9.89. The quantitative estimate of drug-likeness (QED) is 0.0104. The van der Waals surface area contributed by atoms with Crippen LogP contribution in [0.25, 0.3) is 16.6 Å². The first-order chi connectivity index (χ1) is 36.2. The molecule has 1 aromatic heterocycles. The Morgan fingerprint density at radius 2 is 1.68 bits per heavy atom. The number of ether oxygens (including phenoxy) is 4. The highest BCUT2D eigenvalue weighted by Crippen LogP contribution is 2.37. The molecule has 5 N–H and O–H groups in total. The summed E-state index contributed by atoms with van der Waals surface area (Å²) in [4.78, 5) is 75.4. The van der Waals surface area contributed by atoms with Crippen LogP contribution in [-0.2, 0) is 51.4 Å². The van der Waals surface area contributed by atoms with Crippen LogP contribution in [0.2, 0.25) is 0 Å². The van der Waals surface area contributed by atoms with Crippen molar-refractivity contribution in [2.45, 2.75) is 108 Å². The highest BCUT2D eigenvalue weighted by Gasteiger charge is 2.39. The number of hydrogen-bond donors (Lipinski definition) is 5. The van der Waals surface area contributed by atoms with Gasteiger partial charge in [-0.3, -0.25) is 19.0 Å². The zero-order valence-corrected chi connectivity index (χ0v) is 42.9. The number of aliphatic hydroxyl groups is 3. The topological polar surface area (TPSA) is 274 Å². The molecule has 0 unspecified atom stereocenters. The van der Waals surface area contributed by atoms with Crippen LogP contribution in [0.1, 0.15) is 90.7 Å². The Balaban J connectivity index is 0.986. The van der Waals surface area contributed by atoms with Gasteiger partial charge in [-0.25, -0.2) is 22.9 Å². The van der Waals surface area contributed by atoms with Gasteiger partial charge in [0, 0.05) is 30.8 Å². The van der Waals surface area contributed by atoms with Gasteiger partial charge < -0.3 is 34.3 Å². The van der Waals surface area contributed by atoms with Gasteiger partial charge in [-0.2, -0.15) is 18.0 Å². The van der Waals surface area contributed by atoms with Gasteiger partial charge in [0.15, 0.2) is 5.82 Å². The molecule has 0 spiro atoms. The maximum atomic E-state index is 14.6. The number of hydrogen-bond acceptors (Lipinski definition) is 16. The maximum Gasteiger partial charge on any atom is 0.416 e. The van der Waals surface area contributed by atoms with E-state index in [1.807, 2.05) is 12.2 Å². The van der Waals surface area contributed by atoms with Crippen LogP contribution in [0, 0.1) is 30.6 Å². The van der Waals surface area contributed by atoms with Crippen molar-refractivity contribution in [1.29, 1.82) is 0 Å². The van der Waals surface area contributed by atoms with Crippen molar-refractivity contribution in [2.24, 2.45) is 11.8 Å². The Hall–Kier alpha value is -6.77. The summed E-state index contributed by atoms with van der Waals surface area (Å²) in [6.07, 6.45) is 2.17. The van der Waals surface area contributed by atoms with E-state index in [1.54, 1.807) is 13.0 Å². The molecule has 1 aliphatic carbocycles. The Bertz CT molecular complexity index is 2950. The maximum absolute atomic E-state index is 14.6. The van der Waals surface area contributed by atoms with Gasteiger partial charge in [0.2, 0.25) is 16.8 Å². The summed E-state index contributed by atoms with van der Waals surface area (Å²) < 4.78 is 90.1. The van der Waals surface area contributed by atoms with Gasteiger partial charge >= 0.3 is 24.1 Å². The number of allylic oxidation sites excluding steroid dienone is 2. The highest BCUT2D eigenvalue weighted by atomic mass is 32.2. The molecule has 21 nitrogen and oxygen atoms in total. The number of carbonyl (C=O) groups is 3. The van der Waals surface area contributed by atoms with Crippen molar-refractivity contribution < 1.29 is 80.1 Å².